The molecule has 1 fully saturated rings. The first kappa shape index (κ1) is 16.0. The molecule has 118 valence electrons. The van der Waals surface area contributed by atoms with Gasteiger partial charge in [-0.05, 0) is 18.9 Å². The van der Waals surface area contributed by atoms with Gasteiger partial charge in [0, 0.05) is 25.3 Å². The molecule has 0 atom stereocenters. The van der Waals surface area contributed by atoms with Crippen molar-refractivity contribution in [3.05, 3.63) is 18.0 Å². The average Bonchev–Trinajstić information content (AvgIpc) is 2.72. The van der Waals surface area contributed by atoms with Crippen LogP contribution in [0, 0.1) is 0 Å². The summed E-state index contributed by atoms with van der Waals surface area (Å²) in [4.78, 5) is 7.27. The van der Waals surface area contributed by atoms with Gasteiger partial charge in [0.2, 0.25) is 5.95 Å². The van der Waals surface area contributed by atoms with Crippen molar-refractivity contribution in [2.75, 3.05) is 18.4 Å². The molecule has 0 aromatic carbocycles. The predicted octanol–water partition coefficient (Wildman–Crippen LogP) is 3.22. The van der Waals surface area contributed by atoms with E-state index in [4.69, 9.17) is 0 Å². The summed E-state index contributed by atoms with van der Waals surface area (Å²) in [6, 6.07) is 1.39. The minimum absolute atomic E-state index is 0.0208. The topological polar surface area (TPSA) is 49.8 Å². The van der Waals surface area contributed by atoms with Crippen LogP contribution in [0.25, 0.3) is 0 Å². The molecule has 1 aliphatic carbocycles. The number of nitrogens with one attached hydrogen (secondary N) is 2. The second-order valence-corrected chi connectivity index (χ2v) is 5.33. The second-order valence-electron chi connectivity index (χ2n) is 5.33. The van der Waals surface area contributed by atoms with Gasteiger partial charge in [-0.2, -0.15) is 13.2 Å². The van der Waals surface area contributed by atoms with Crippen molar-refractivity contribution in [2.45, 2.75) is 50.7 Å². The SMILES string of the molecule is FC(F)(F)c1ccnc(NCCNC2CCCCCC2)n1. The van der Waals surface area contributed by atoms with E-state index >= 15 is 0 Å². The van der Waals surface area contributed by atoms with Gasteiger partial charge in [0.1, 0.15) is 5.69 Å². The van der Waals surface area contributed by atoms with E-state index in [0.717, 1.165) is 12.3 Å². The quantitative estimate of drug-likeness (QED) is 0.648. The molecule has 1 saturated carbocycles. The van der Waals surface area contributed by atoms with Crippen molar-refractivity contribution in [3.8, 4) is 0 Å². The summed E-state index contributed by atoms with van der Waals surface area (Å²) in [5, 5.41) is 6.26. The fourth-order valence-electron chi connectivity index (χ4n) is 2.54. The molecule has 1 aromatic heterocycles. The molecule has 4 nitrogen and oxygen atoms in total. The maximum absolute atomic E-state index is 12.5. The lowest BCUT2D eigenvalue weighted by molar-refractivity contribution is -0.141. The van der Waals surface area contributed by atoms with E-state index < -0.39 is 11.9 Å². The minimum atomic E-state index is -4.43. The van der Waals surface area contributed by atoms with E-state index in [2.05, 4.69) is 20.6 Å². The van der Waals surface area contributed by atoms with Crippen LogP contribution < -0.4 is 10.6 Å². The summed E-state index contributed by atoms with van der Waals surface area (Å²) in [5.41, 5.74) is -0.920. The molecule has 0 aliphatic heterocycles. The average molecular weight is 302 g/mol. The minimum Gasteiger partial charge on any atom is -0.353 e. The Hall–Kier alpha value is -1.37. The Morgan fingerprint density at radius 1 is 1.10 bits per heavy atom. The molecule has 0 radical (unpaired) electrons. The third-order valence-electron chi connectivity index (χ3n) is 3.64. The zero-order chi connectivity index (χ0) is 15.1. The third-order valence-corrected chi connectivity index (χ3v) is 3.64. The first-order chi connectivity index (χ1) is 10.1. The van der Waals surface area contributed by atoms with Crippen LogP contribution in [0.3, 0.4) is 0 Å². The highest BCUT2D eigenvalue weighted by Gasteiger charge is 2.32. The summed E-state index contributed by atoms with van der Waals surface area (Å²) in [7, 11) is 0. The number of hydrogen-bond acceptors (Lipinski definition) is 4. The van der Waals surface area contributed by atoms with Gasteiger partial charge in [0.25, 0.3) is 0 Å². The number of rotatable bonds is 5. The van der Waals surface area contributed by atoms with E-state index in [9.17, 15) is 13.2 Å². The van der Waals surface area contributed by atoms with Crippen molar-refractivity contribution in [1.29, 1.82) is 0 Å². The lowest BCUT2D eigenvalue weighted by Crippen LogP contribution is -2.32. The van der Waals surface area contributed by atoms with Crippen LogP contribution in [0.4, 0.5) is 19.1 Å². The van der Waals surface area contributed by atoms with E-state index in [0.29, 0.717) is 19.1 Å². The van der Waals surface area contributed by atoms with Crippen LogP contribution in [0.5, 0.6) is 0 Å². The van der Waals surface area contributed by atoms with Crippen molar-refractivity contribution >= 4 is 5.95 Å². The standard InChI is InChI=1S/C14H21F3N4/c15-14(16,17)12-7-8-19-13(21-12)20-10-9-18-11-5-3-1-2-4-6-11/h7-8,11,18H,1-6,9-10H2,(H,19,20,21). The molecule has 0 amide bonds. The smallest absolute Gasteiger partial charge is 0.353 e. The second kappa shape index (κ2) is 7.59. The first-order valence-electron chi connectivity index (χ1n) is 7.43. The van der Waals surface area contributed by atoms with Gasteiger partial charge in [-0.15, -0.1) is 0 Å². The van der Waals surface area contributed by atoms with Crippen LogP contribution in [0.1, 0.15) is 44.2 Å². The molecule has 0 spiro atoms. The maximum atomic E-state index is 12.5. The van der Waals surface area contributed by atoms with Crippen molar-refractivity contribution in [2.24, 2.45) is 0 Å². The Kier molecular flexibility index (Phi) is 5.78. The Morgan fingerprint density at radius 3 is 2.48 bits per heavy atom. The summed E-state index contributed by atoms with van der Waals surface area (Å²) in [5.74, 6) is 0.0208. The van der Waals surface area contributed by atoms with Crippen LogP contribution >= 0.6 is 0 Å². The van der Waals surface area contributed by atoms with Gasteiger partial charge in [0.15, 0.2) is 0 Å². The van der Waals surface area contributed by atoms with E-state index in [1.54, 1.807) is 0 Å². The molecule has 1 aliphatic rings. The lowest BCUT2D eigenvalue weighted by Gasteiger charge is -2.16. The highest BCUT2D eigenvalue weighted by atomic mass is 19.4. The molecule has 2 rings (SSSR count). The normalized spacial score (nSPS) is 17.5. The Morgan fingerprint density at radius 2 is 1.81 bits per heavy atom. The van der Waals surface area contributed by atoms with Crippen molar-refractivity contribution < 1.29 is 13.2 Å². The zero-order valence-corrected chi connectivity index (χ0v) is 11.9. The number of alkyl halides is 3. The summed E-state index contributed by atoms with van der Waals surface area (Å²) in [6.45, 7) is 1.21. The predicted molar refractivity (Wildman–Crippen MR) is 75.0 cm³/mol. The van der Waals surface area contributed by atoms with E-state index in [1.807, 2.05) is 0 Å². The molecular weight excluding hydrogens is 281 g/mol. The monoisotopic (exact) mass is 302 g/mol. The van der Waals surface area contributed by atoms with E-state index in [1.165, 1.54) is 38.5 Å². The molecule has 0 saturated heterocycles. The molecule has 1 aromatic rings. The highest BCUT2D eigenvalue weighted by Crippen LogP contribution is 2.27. The molecular formula is C14H21F3N4. The first-order valence-corrected chi connectivity index (χ1v) is 7.43. The van der Waals surface area contributed by atoms with Gasteiger partial charge in [-0.25, -0.2) is 9.97 Å². The number of aromatic nitrogens is 2. The van der Waals surface area contributed by atoms with Crippen LogP contribution in [0.15, 0.2) is 12.3 Å². The van der Waals surface area contributed by atoms with E-state index in [-0.39, 0.29) is 5.95 Å². The fraction of sp³-hybridized carbons (Fsp3) is 0.714. The molecule has 0 bridgehead atoms. The molecule has 1 heterocycles. The zero-order valence-electron chi connectivity index (χ0n) is 11.9. The Bertz CT molecular complexity index is 428. The lowest BCUT2D eigenvalue weighted by atomic mass is 10.1. The van der Waals surface area contributed by atoms with Gasteiger partial charge >= 0.3 is 6.18 Å². The number of anilines is 1. The van der Waals surface area contributed by atoms with Gasteiger partial charge < -0.3 is 10.6 Å². The maximum Gasteiger partial charge on any atom is 0.433 e. The summed E-state index contributed by atoms with van der Waals surface area (Å²) in [6.07, 6.45) is 4.15. The van der Waals surface area contributed by atoms with Crippen molar-refractivity contribution in [1.82, 2.24) is 15.3 Å². The third kappa shape index (κ3) is 5.49. The number of hydrogen-bond donors (Lipinski definition) is 2. The molecule has 2 N–H and O–H groups in total. The largest absolute Gasteiger partial charge is 0.433 e. The van der Waals surface area contributed by atoms with Crippen LogP contribution in [-0.2, 0) is 6.18 Å². The van der Waals surface area contributed by atoms with Crippen molar-refractivity contribution in [3.63, 3.8) is 0 Å². The van der Waals surface area contributed by atoms with Gasteiger partial charge in [0.05, 0.1) is 0 Å². The summed E-state index contributed by atoms with van der Waals surface area (Å²) >= 11 is 0. The molecule has 21 heavy (non-hydrogen) atoms. The molecule has 0 unspecified atom stereocenters. The summed E-state index contributed by atoms with van der Waals surface area (Å²) < 4.78 is 37.5. The van der Waals surface area contributed by atoms with Crippen LogP contribution in [0.2, 0.25) is 0 Å². The van der Waals surface area contributed by atoms with Gasteiger partial charge in [-0.3, -0.25) is 0 Å². The van der Waals surface area contributed by atoms with Gasteiger partial charge in [-0.1, -0.05) is 25.7 Å². The number of nitrogens with zero attached hydrogens (tertiary/aromatic N) is 2. The Balaban J connectivity index is 1.73. The highest BCUT2D eigenvalue weighted by molar-refractivity contribution is 5.25. The Labute approximate surface area is 122 Å². The fourth-order valence-corrected chi connectivity index (χ4v) is 2.54. The number of halogens is 3. The molecule has 7 heteroatoms. The van der Waals surface area contributed by atoms with Crippen LogP contribution in [-0.4, -0.2) is 29.1 Å².